The van der Waals surface area contributed by atoms with Gasteiger partial charge >= 0.3 is 0 Å². The van der Waals surface area contributed by atoms with Gasteiger partial charge in [0.15, 0.2) is 0 Å². The second kappa shape index (κ2) is 4.98. The Morgan fingerprint density at radius 3 is 2.88 bits per heavy atom. The second-order valence-corrected chi connectivity index (χ2v) is 4.69. The molecule has 0 atom stereocenters. The molecule has 0 radical (unpaired) electrons. The third-order valence-corrected chi connectivity index (χ3v) is 3.28. The van der Waals surface area contributed by atoms with E-state index in [2.05, 4.69) is 20.9 Å². The summed E-state index contributed by atoms with van der Waals surface area (Å²) in [6, 6.07) is 4.99. The van der Waals surface area contributed by atoms with Gasteiger partial charge in [0.05, 0.1) is 10.2 Å². The first-order valence-corrected chi connectivity index (χ1v) is 6.06. The molecular weight excluding hydrogens is 285 g/mol. The van der Waals surface area contributed by atoms with Crippen molar-refractivity contribution in [2.24, 2.45) is 5.73 Å². The van der Waals surface area contributed by atoms with Crippen LogP contribution in [0.4, 0.5) is 4.39 Å². The van der Waals surface area contributed by atoms with Crippen LogP contribution in [0.3, 0.4) is 0 Å². The van der Waals surface area contributed by atoms with E-state index in [0.29, 0.717) is 17.6 Å². The maximum absolute atomic E-state index is 13.1. The van der Waals surface area contributed by atoms with Gasteiger partial charge in [0, 0.05) is 19.3 Å². The van der Waals surface area contributed by atoms with Crippen LogP contribution in [-0.4, -0.2) is 9.55 Å². The van der Waals surface area contributed by atoms with Gasteiger partial charge in [-0.15, -0.1) is 0 Å². The SMILES string of the molecule is Cc1ncc(CN)n1Cc1ccc(F)c(Br)c1. The molecular formula is C12H13BrFN3. The first kappa shape index (κ1) is 12.3. The van der Waals surface area contributed by atoms with E-state index in [4.69, 9.17) is 5.73 Å². The Kier molecular flexibility index (Phi) is 3.59. The predicted molar refractivity (Wildman–Crippen MR) is 68.1 cm³/mol. The Bertz CT molecular complexity index is 537. The van der Waals surface area contributed by atoms with Crippen molar-refractivity contribution >= 4 is 15.9 Å². The number of benzene rings is 1. The van der Waals surface area contributed by atoms with Crippen LogP contribution < -0.4 is 5.73 Å². The summed E-state index contributed by atoms with van der Waals surface area (Å²) in [6.07, 6.45) is 1.77. The summed E-state index contributed by atoms with van der Waals surface area (Å²) >= 11 is 3.18. The molecule has 1 aromatic heterocycles. The molecule has 1 aromatic carbocycles. The van der Waals surface area contributed by atoms with Crippen molar-refractivity contribution in [3.63, 3.8) is 0 Å². The number of hydrogen-bond donors (Lipinski definition) is 1. The summed E-state index contributed by atoms with van der Waals surface area (Å²) in [7, 11) is 0. The topological polar surface area (TPSA) is 43.8 Å². The van der Waals surface area contributed by atoms with Crippen molar-refractivity contribution in [3.8, 4) is 0 Å². The van der Waals surface area contributed by atoms with Gasteiger partial charge in [-0.2, -0.15) is 0 Å². The number of hydrogen-bond acceptors (Lipinski definition) is 2. The molecule has 1 heterocycles. The number of halogens is 2. The van der Waals surface area contributed by atoms with Crippen molar-refractivity contribution in [3.05, 3.63) is 51.8 Å². The van der Waals surface area contributed by atoms with Crippen LogP contribution in [0.25, 0.3) is 0 Å². The lowest BCUT2D eigenvalue weighted by molar-refractivity contribution is 0.618. The van der Waals surface area contributed by atoms with E-state index in [1.54, 1.807) is 18.3 Å². The lowest BCUT2D eigenvalue weighted by Crippen LogP contribution is -2.09. The summed E-state index contributed by atoms with van der Waals surface area (Å²) < 4.78 is 15.6. The Morgan fingerprint density at radius 2 is 2.24 bits per heavy atom. The van der Waals surface area contributed by atoms with Gasteiger partial charge in [-0.05, 0) is 40.5 Å². The smallest absolute Gasteiger partial charge is 0.137 e. The highest BCUT2D eigenvalue weighted by molar-refractivity contribution is 9.10. The first-order chi connectivity index (χ1) is 8.11. The third-order valence-electron chi connectivity index (χ3n) is 2.67. The highest BCUT2D eigenvalue weighted by atomic mass is 79.9. The molecule has 0 bridgehead atoms. The fraction of sp³-hybridized carbons (Fsp3) is 0.250. The molecule has 0 aliphatic carbocycles. The minimum absolute atomic E-state index is 0.254. The van der Waals surface area contributed by atoms with E-state index >= 15 is 0 Å². The van der Waals surface area contributed by atoms with Crippen LogP contribution in [0.1, 0.15) is 17.1 Å². The van der Waals surface area contributed by atoms with Gasteiger partial charge < -0.3 is 10.3 Å². The summed E-state index contributed by atoms with van der Waals surface area (Å²) in [4.78, 5) is 4.22. The van der Waals surface area contributed by atoms with Crippen molar-refractivity contribution in [2.45, 2.75) is 20.0 Å². The fourth-order valence-corrected chi connectivity index (χ4v) is 2.14. The number of imidazole rings is 1. The van der Waals surface area contributed by atoms with Crippen molar-refractivity contribution in [1.29, 1.82) is 0 Å². The number of rotatable bonds is 3. The molecule has 3 nitrogen and oxygen atoms in total. The zero-order chi connectivity index (χ0) is 12.4. The van der Waals surface area contributed by atoms with E-state index in [1.165, 1.54) is 6.07 Å². The lowest BCUT2D eigenvalue weighted by Gasteiger charge is -2.09. The third kappa shape index (κ3) is 2.56. The highest BCUT2D eigenvalue weighted by Crippen LogP contribution is 2.18. The van der Waals surface area contributed by atoms with Gasteiger partial charge in [-0.25, -0.2) is 9.37 Å². The standard InChI is InChI=1S/C12H13BrFN3/c1-8-16-6-10(5-15)17(8)7-9-2-3-12(14)11(13)4-9/h2-4,6H,5,7,15H2,1H3. The van der Waals surface area contributed by atoms with Crippen molar-refractivity contribution < 1.29 is 4.39 Å². The lowest BCUT2D eigenvalue weighted by atomic mass is 10.2. The number of nitrogens with two attached hydrogens (primary N) is 1. The van der Waals surface area contributed by atoms with Crippen molar-refractivity contribution in [1.82, 2.24) is 9.55 Å². The molecule has 2 N–H and O–H groups in total. The average Bonchev–Trinajstić information content (AvgIpc) is 2.65. The normalized spacial score (nSPS) is 10.8. The Balaban J connectivity index is 2.31. The van der Waals surface area contributed by atoms with Crippen LogP contribution >= 0.6 is 15.9 Å². The maximum Gasteiger partial charge on any atom is 0.137 e. The average molecular weight is 298 g/mol. The molecule has 0 fully saturated rings. The van der Waals surface area contributed by atoms with E-state index in [1.807, 2.05) is 11.5 Å². The minimum Gasteiger partial charge on any atom is -0.327 e. The molecule has 0 amide bonds. The minimum atomic E-state index is -0.254. The fourth-order valence-electron chi connectivity index (χ4n) is 1.71. The largest absolute Gasteiger partial charge is 0.327 e. The monoisotopic (exact) mass is 297 g/mol. The van der Waals surface area contributed by atoms with Crippen LogP contribution in [0, 0.1) is 12.7 Å². The van der Waals surface area contributed by atoms with Gasteiger partial charge in [0.2, 0.25) is 0 Å². The quantitative estimate of drug-likeness (QED) is 0.946. The molecule has 0 aliphatic heterocycles. The zero-order valence-corrected chi connectivity index (χ0v) is 11.0. The van der Waals surface area contributed by atoms with Crippen molar-refractivity contribution in [2.75, 3.05) is 0 Å². The number of nitrogens with zero attached hydrogens (tertiary/aromatic N) is 2. The Labute approximate surface area is 108 Å². The molecule has 90 valence electrons. The first-order valence-electron chi connectivity index (χ1n) is 5.27. The Hall–Kier alpha value is -1.20. The number of aromatic nitrogens is 2. The van der Waals surface area contributed by atoms with Crippen LogP contribution in [-0.2, 0) is 13.1 Å². The molecule has 2 aromatic rings. The van der Waals surface area contributed by atoms with Crippen LogP contribution in [0.15, 0.2) is 28.9 Å². The zero-order valence-electron chi connectivity index (χ0n) is 9.45. The molecule has 0 aliphatic rings. The molecule has 0 unspecified atom stereocenters. The van der Waals surface area contributed by atoms with Gasteiger partial charge in [0.25, 0.3) is 0 Å². The summed E-state index contributed by atoms with van der Waals surface area (Å²) in [5, 5.41) is 0. The highest BCUT2D eigenvalue weighted by Gasteiger charge is 2.07. The second-order valence-electron chi connectivity index (χ2n) is 3.84. The van der Waals surface area contributed by atoms with E-state index in [0.717, 1.165) is 17.1 Å². The molecule has 5 heteroatoms. The summed E-state index contributed by atoms with van der Waals surface area (Å²) in [5.41, 5.74) is 7.62. The van der Waals surface area contributed by atoms with Gasteiger partial charge in [-0.1, -0.05) is 6.07 Å². The summed E-state index contributed by atoms with van der Waals surface area (Å²) in [5.74, 6) is 0.654. The van der Waals surface area contributed by atoms with E-state index in [-0.39, 0.29) is 5.82 Å². The molecule has 0 spiro atoms. The predicted octanol–water partition coefficient (Wildman–Crippen LogP) is 2.60. The van der Waals surface area contributed by atoms with E-state index in [9.17, 15) is 4.39 Å². The maximum atomic E-state index is 13.1. The Morgan fingerprint density at radius 1 is 1.47 bits per heavy atom. The van der Waals surface area contributed by atoms with Gasteiger partial charge in [-0.3, -0.25) is 0 Å². The molecule has 2 rings (SSSR count). The molecule has 0 saturated heterocycles. The van der Waals surface area contributed by atoms with E-state index < -0.39 is 0 Å². The summed E-state index contributed by atoms with van der Waals surface area (Å²) in [6.45, 7) is 3.03. The number of aryl methyl sites for hydroxylation is 1. The van der Waals surface area contributed by atoms with Crippen LogP contribution in [0.5, 0.6) is 0 Å². The van der Waals surface area contributed by atoms with Crippen LogP contribution in [0.2, 0.25) is 0 Å². The van der Waals surface area contributed by atoms with Gasteiger partial charge in [0.1, 0.15) is 11.6 Å². The molecule has 17 heavy (non-hydrogen) atoms. The molecule has 0 saturated carbocycles.